The van der Waals surface area contributed by atoms with Crippen LogP contribution in [0.4, 0.5) is 11.8 Å². The predicted molar refractivity (Wildman–Crippen MR) is 87.9 cm³/mol. The molecule has 5 heteroatoms. The number of aromatic nitrogens is 2. The fourth-order valence-electron chi connectivity index (χ4n) is 3.37. The first-order valence-corrected chi connectivity index (χ1v) is 7.99. The van der Waals surface area contributed by atoms with E-state index in [2.05, 4.69) is 39.5 Å². The van der Waals surface area contributed by atoms with Crippen LogP contribution in [0.5, 0.6) is 0 Å². The molecule has 2 aliphatic heterocycles. The Labute approximate surface area is 130 Å². The van der Waals surface area contributed by atoms with Crippen LogP contribution in [0, 0.1) is 0 Å². The van der Waals surface area contributed by atoms with Gasteiger partial charge in [-0.2, -0.15) is 4.98 Å². The van der Waals surface area contributed by atoms with Gasteiger partial charge in [-0.3, -0.25) is 0 Å². The summed E-state index contributed by atoms with van der Waals surface area (Å²) in [5.41, 5.74) is 11.3. The van der Waals surface area contributed by atoms with E-state index in [-0.39, 0.29) is 0 Å². The molecule has 1 aromatic heterocycles. The van der Waals surface area contributed by atoms with Gasteiger partial charge in [0.15, 0.2) is 0 Å². The van der Waals surface area contributed by atoms with Crippen molar-refractivity contribution in [2.75, 3.05) is 30.3 Å². The van der Waals surface area contributed by atoms with Crippen LogP contribution in [0.2, 0.25) is 0 Å². The summed E-state index contributed by atoms with van der Waals surface area (Å²) in [4.78, 5) is 11.7. The molecule has 0 saturated heterocycles. The minimum atomic E-state index is 0.655. The molecule has 0 amide bonds. The number of hydrogen-bond donors (Lipinski definition) is 2. The van der Waals surface area contributed by atoms with E-state index in [1.807, 2.05) is 0 Å². The van der Waals surface area contributed by atoms with E-state index in [0.717, 1.165) is 62.6 Å². The Morgan fingerprint density at radius 2 is 1.82 bits per heavy atom. The van der Waals surface area contributed by atoms with Crippen LogP contribution < -0.4 is 16.0 Å². The molecule has 114 valence electrons. The number of anilines is 2. The zero-order valence-corrected chi connectivity index (χ0v) is 12.7. The van der Waals surface area contributed by atoms with Gasteiger partial charge >= 0.3 is 0 Å². The van der Waals surface area contributed by atoms with Crippen molar-refractivity contribution in [1.29, 1.82) is 0 Å². The standard InChI is InChI=1S/C17H21N5/c18-16-14-5-8-19-9-6-15(14)20-17(21-16)22-10-7-12-3-1-2-4-13(12)11-22/h1-4,19H,5-11H2,(H2,18,20,21). The Morgan fingerprint density at radius 1 is 1.00 bits per heavy atom. The third kappa shape index (κ3) is 2.41. The lowest BCUT2D eigenvalue weighted by Crippen LogP contribution is -2.32. The molecule has 0 fully saturated rings. The lowest BCUT2D eigenvalue weighted by Gasteiger charge is -2.29. The average Bonchev–Trinajstić information content (AvgIpc) is 2.80. The summed E-state index contributed by atoms with van der Waals surface area (Å²) < 4.78 is 0. The fourth-order valence-corrected chi connectivity index (χ4v) is 3.37. The van der Waals surface area contributed by atoms with Crippen molar-refractivity contribution in [2.45, 2.75) is 25.8 Å². The zero-order chi connectivity index (χ0) is 14.9. The number of benzene rings is 1. The first kappa shape index (κ1) is 13.5. The molecule has 0 aliphatic carbocycles. The Hall–Kier alpha value is -2.14. The van der Waals surface area contributed by atoms with E-state index in [1.165, 1.54) is 11.1 Å². The van der Waals surface area contributed by atoms with Crippen molar-refractivity contribution in [3.63, 3.8) is 0 Å². The van der Waals surface area contributed by atoms with Crippen LogP contribution in [-0.2, 0) is 25.8 Å². The molecule has 22 heavy (non-hydrogen) atoms. The number of hydrogen-bond acceptors (Lipinski definition) is 5. The van der Waals surface area contributed by atoms with Crippen molar-refractivity contribution in [1.82, 2.24) is 15.3 Å². The smallest absolute Gasteiger partial charge is 0.227 e. The minimum Gasteiger partial charge on any atom is -0.383 e. The van der Waals surface area contributed by atoms with Gasteiger partial charge in [-0.25, -0.2) is 4.98 Å². The molecular weight excluding hydrogens is 274 g/mol. The topological polar surface area (TPSA) is 67.1 Å². The van der Waals surface area contributed by atoms with Crippen LogP contribution in [0.15, 0.2) is 24.3 Å². The molecule has 2 aromatic rings. The summed E-state index contributed by atoms with van der Waals surface area (Å²) >= 11 is 0. The zero-order valence-electron chi connectivity index (χ0n) is 12.7. The number of nitrogen functional groups attached to an aromatic ring is 1. The molecule has 5 nitrogen and oxygen atoms in total. The maximum Gasteiger partial charge on any atom is 0.227 e. The van der Waals surface area contributed by atoms with Crippen LogP contribution in [-0.4, -0.2) is 29.6 Å². The van der Waals surface area contributed by atoms with E-state index in [1.54, 1.807) is 0 Å². The fraction of sp³-hybridized carbons (Fsp3) is 0.412. The highest BCUT2D eigenvalue weighted by Crippen LogP contribution is 2.25. The van der Waals surface area contributed by atoms with Crippen LogP contribution in [0.3, 0.4) is 0 Å². The Balaban J connectivity index is 1.66. The van der Waals surface area contributed by atoms with Gasteiger partial charge in [0.1, 0.15) is 5.82 Å². The number of fused-ring (bicyclic) bond motifs is 2. The molecule has 0 spiro atoms. The highest BCUT2D eigenvalue weighted by Gasteiger charge is 2.21. The van der Waals surface area contributed by atoms with Crippen molar-refractivity contribution >= 4 is 11.8 Å². The van der Waals surface area contributed by atoms with E-state index in [4.69, 9.17) is 10.7 Å². The number of rotatable bonds is 1. The average molecular weight is 295 g/mol. The summed E-state index contributed by atoms with van der Waals surface area (Å²) in [6, 6.07) is 8.61. The molecule has 3 N–H and O–H groups in total. The van der Waals surface area contributed by atoms with Gasteiger partial charge in [-0.15, -0.1) is 0 Å². The second kappa shape index (κ2) is 5.57. The van der Waals surface area contributed by atoms with Crippen LogP contribution in [0.25, 0.3) is 0 Å². The number of nitrogens with zero attached hydrogens (tertiary/aromatic N) is 3. The van der Waals surface area contributed by atoms with Gasteiger partial charge in [-0.1, -0.05) is 24.3 Å². The van der Waals surface area contributed by atoms with Gasteiger partial charge in [0.25, 0.3) is 0 Å². The molecule has 0 radical (unpaired) electrons. The van der Waals surface area contributed by atoms with Crippen LogP contribution in [0.1, 0.15) is 22.4 Å². The Kier molecular flexibility index (Phi) is 3.42. The molecular formula is C17H21N5. The quantitative estimate of drug-likeness (QED) is 0.830. The maximum atomic E-state index is 6.21. The van der Waals surface area contributed by atoms with Gasteiger partial charge in [0, 0.05) is 31.6 Å². The predicted octanol–water partition coefficient (Wildman–Crippen LogP) is 1.31. The monoisotopic (exact) mass is 295 g/mol. The van der Waals surface area contributed by atoms with Gasteiger partial charge in [0.2, 0.25) is 5.95 Å². The third-order valence-corrected chi connectivity index (χ3v) is 4.62. The summed E-state index contributed by atoms with van der Waals surface area (Å²) in [5.74, 6) is 1.44. The molecule has 0 bridgehead atoms. The van der Waals surface area contributed by atoms with Gasteiger partial charge in [-0.05, 0) is 30.5 Å². The highest BCUT2D eigenvalue weighted by molar-refractivity contribution is 5.50. The molecule has 2 aliphatic rings. The molecule has 0 unspecified atom stereocenters. The van der Waals surface area contributed by atoms with Crippen molar-refractivity contribution < 1.29 is 0 Å². The van der Waals surface area contributed by atoms with Crippen molar-refractivity contribution in [3.05, 3.63) is 46.6 Å². The largest absolute Gasteiger partial charge is 0.383 e. The summed E-state index contributed by atoms with van der Waals surface area (Å²) in [7, 11) is 0. The molecule has 3 heterocycles. The lowest BCUT2D eigenvalue weighted by molar-refractivity contribution is 0.698. The van der Waals surface area contributed by atoms with Gasteiger partial charge in [0.05, 0.1) is 5.69 Å². The Morgan fingerprint density at radius 3 is 2.73 bits per heavy atom. The first-order valence-electron chi connectivity index (χ1n) is 7.99. The minimum absolute atomic E-state index is 0.655. The molecule has 4 rings (SSSR count). The normalized spacial score (nSPS) is 17.5. The van der Waals surface area contributed by atoms with E-state index in [9.17, 15) is 0 Å². The van der Waals surface area contributed by atoms with E-state index in [0.29, 0.717) is 5.82 Å². The number of nitrogens with one attached hydrogen (secondary N) is 1. The van der Waals surface area contributed by atoms with Gasteiger partial charge < -0.3 is 16.0 Å². The molecule has 0 atom stereocenters. The lowest BCUT2D eigenvalue weighted by atomic mass is 10.0. The summed E-state index contributed by atoms with van der Waals surface area (Å²) in [5, 5.41) is 3.40. The highest BCUT2D eigenvalue weighted by atomic mass is 15.3. The van der Waals surface area contributed by atoms with Crippen molar-refractivity contribution in [2.24, 2.45) is 0 Å². The van der Waals surface area contributed by atoms with Crippen LogP contribution >= 0.6 is 0 Å². The SMILES string of the molecule is Nc1nc(N2CCc3ccccc3C2)nc2c1CCNCC2. The van der Waals surface area contributed by atoms with Crippen molar-refractivity contribution in [3.8, 4) is 0 Å². The van der Waals surface area contributed by atoms with E-state index < -0.39 is 0 Å². The molecule has 1 aromatic carbocycles. The first-order chi connectivity index (χ1) is 10.8. The Bertz CT molecular complexity index is 697. The second-order valence-corrected chi connectivity index (χ2v) is 6.02. The second-order valence-electron chi connectivity index (χ2n) is 6.02. The van der Waals surface area contributed by atoms with E-state index >= 15 is 0 Å². The number of nitrogens with two attached hydrogens (primary N) is 1. The summed E-state index contributed by atoms with van der Waals surface area (Å²) in [6.45, 7) is 3.74. The third-order valence-electron chi connectivity index (χ3n) is 4.62. The molecule has 0 saturated carbocycles. The summed E-state index contributed by atoms with van der Waals surface area (Å²) in [6.07, 6.45) is 2.89. The maximum absolute atomic E-state index is 6.21.